The van der Waals surface area contributed by atoms with Crippen LogP contribution in [0.2, 0.25) is 0 Å². The largest absolute Gasteiger partial charge is 0.496 e. The zero-order valence-electron chi connectivity index (χ0n) is 13.8. The van der Waals surface area contributed by atoms with Crippen LogP contribution in [0.4, 0.5) is 9.18 Å². The van der Waals surface area contributed by atoms with E-state index in [4.69, 9.17) is 4.74 Å². The van der Waals surface area contributed by atoms with Crippen LogP contribution in [-0.2, 0) is 16.0 Å². The summed E-state index contributed by atoms with van der Waals surface area (Å²) in [5.41, 5.74) is 1.64. The van der Waals surface area contributed by atoms with Gasteiger partial charge in [-0.15, -0.1) is 0 Å². The normalized spacial score (nSPS) is 13.9. The number of barbiturate groups is 1. The van der Waals surface area contributed by atoms with Gasteiger partial charge < -0.3 is 4.74 Å². The standard InChI is InChI=1S/C19H15FN2O4/c1-26-16-9-11(8-14-17(23)21-19(25)22-18(14)24)6-7-13(16)10-12-4-2-3-5-15(12)20/h2-9H,10H2,1H3,(H2,21,22,23,24,25). The summed E-state index contributed by atoms with van der Waals surface area (Å²) in [5, 5.41) is 4.02. The second-order valence-corrected chi connectivity index (χ2v) is 5.63. The Labute approximate surface area is 148 Å². The Kier molecular flexibility index (Phi) is 4.79. The fourth-order valence-electron chi connectivity index (χ4n) is 2.62. The highest BCUT2D eigenvalue weighted by molar-refractivity contribution is 6.31. The molecule has 6 nitrogen and oxygen atoms in total. The average Bonchev–Trinajstić information content (AvgIpc) is 2.61. The van der Waals surface area contributed by atoms with E-state index in [1.807, 2.05) is 10.6 Å². The van der Waals surface area contributed by atoms with E-state index in [9.17, 15) is 18.8 Å². The van der Waals surface area contributed by atoms with Gasteiger partial charge in [-0.1, -0.05) is 30.3 Å². The maximum Gasteiger partial charge on any atom is 0.328 e. The number of hydrogen-bond acceptors (Lipinski definition) is 4. The van der Waals surface area contributed by atoms with Crippen LogP contribution in [0.1, 0.15) is 16.7 Å². The lowest BCUT2D eigenvalue weighted by molar-refractivity contribution is -0.123. The number of imide groups is 2. The Balaban J connectivity index is 1.91. The second-order valence-electron chi connectivity index (χ2n) is 5.63. The number of nitrogens with one attached hydrogen (secondary N) is 2. The Bertz CT molecular complexity index is 915. The third-order valence-corrected chi connectivity index (χ3v) is 3.90. The van der Waals surface area contributed by atoms with Gasteiger partial charge in [0.15, 0.2) is 0 Å². The van der Waals surface area contributed by atoms with E-state index in [0.29, 0.717) is 23.3 Å². The molecule has 0 spiro atoms. The molecule has 2 aromatic carbocycles. The number of carbonyl (C=O) groups excluding carboxylic acids is 3. The molecule has 132 valence electrons. The molecule has 1 aliphatic rings. The SMILES string of the molecule is COc1cc(C=C2C(=O)NC(=O)NC2=O)ccc1Cc1ccccc1F. The molecule has 1 saturated heterocycles. The molecule has 0 unspecified atom stereocenters. The molecule has 3 rings (SSSR count). The molecule has 1 heterocycles. The van der Waals surface area contributed by atoms with Crippen LogP contribution in [0.5, 0.6) is 5.75 Å². The monoisotopic (exact) mass is 354 g/mol. The molecule has 26 heavy (non-hydrogen) atoms. The third kappa shape index (κ3) is 3.61. The van der Waals surface area contributed by atoms with Gasteiger partial charge >= 0.3 is 6.03 Å². The molecule has 2 aromatic rings. The number of carbonyl (C=O) groups is 3. The quantitative estimate of drug-likeness (QED) is 0.651. The first-order chi connectivity index (χ1) is 12.5. The smallest absolute Gasteiger partial charge is 0.328 e. The van der Waals surface area contributed by atoms with E-state index in [2.05, 4.69) is 0 Å². The molecule has 0 bridgehead atoms. The van der Waals surface area contributed by atoms with Gasteiger partial charge in [-0.3, -0.25) is 20.2 Å². The first-order valence-electron chi connectivity index (χ1n) is 7.76. The first-order valence-corrected chi connectivity index (χ1v) is 7.76. The minimum atomic E-state index is -0.852. The molecule has 7 heteroatoms. The van der Waals surface area contributed by atoms with Crippen molar-refractivity contribution < 1.29 is 23.5 Å². The molecular formula is C19H15FN2O4. The zero-order valence-corrected chi connectivity index (χ0v) is 13.8. The van der Waals surface area contributed by atoms with E-state index < -0.39 is 17.8 Å². The Morgan fingerprint density at radius 3 is 2.35 bits per heavy atom. The van der Waals surface area contributed by atoms with Crippen molar-refractivity contribution in [1.82, 2.24) is 10.6 Å². The predicted octanol–water partition coefficient (Wildman–Crippen LogP) is 2.17. The van der Waals surface area contributed by atoms with E-state index in [0.717, 1.165) is 5.56 Å². The average molecular weight is 354 g/mol. The first kappa shape index (κ1) is 17.3. The predicted molar refractivity (Wildman–Crippen MR) is 91.9 cm³/mol. The third-order valence-electron chi connectivity index (χ3n) is 3.90. The van der Waals surface area contributed by atoms with Crippen LogP contribution in [0, 0.1) is 5.82 Å². The lowest BCUT2D eigenvalue weighted by Crippen LogP contribution is -2.51. The van der Waals surface area contributed by atoms with Gasteiger partial charge in [0.1, 0.15) is 17.1 Å². The molecule has 1 aliphatic heterocycles. The summed E-state index contributed by atoms with van der Waals surface area (Å²) in [6, 6.07) is 10.7. The minimum absolute atomic E-state index is 0.187. The molecule has 4 amide bonds. The van der Waals surface area contributed by atoms with Crippen molar-refractivity contribution in [1.29, 1.82) is 0 Å². The van der Waals surface area contributed by atoms with E-state index in [1.165, 1.54) is 19.3 Å². The van der Waals surface area contributed by atoms with Crippen LogP contribution >= 0.6 is 0 Å². The van der Waals surface area contributed by atoms with Crippen LogP contribution in [0.3, 0.4) is 0 Å². The summed E-state index contributed by atoms with van der Waals surface area (Å²) in [7, 11) is 1.48. The lowest BCUT2D eigenvalue weighted by atomic mass is 10.0. The molecule has 0 saturated carbocycles. The number of rotatable bonds is 4. The fourth-order valence-corrected chi connectivity index (χ4v) is 2.62. The topological polar surface area (TPSA) is 84.5 Å². The Morgan fingerprint density at radius 2 is 1.69 bits per heavy atom. The molecule has 0 atom stereocenters. The summed E-state index contributed by atoms with van der Waals surface area (Å²) in [6.07, 6.45) is 1.69. The number of hydrogen-bond donors (Lipinski definition) is 2. The molecule has 0 aromatic heterocycles. The Hall–Kier alpha value is -3.48. The van der Waals surface area contributed by atoms with Crippen LogP contribution < -0.4 is 15.4 Å². The van der Waals surface area contributed by atoms with Gasteiger partial charge in [0.05, 0.1) is 7.11 Å². The fraction of sp³-hybridized carbons (Fsp3) is 0.105. The van der Waals surface area contributed by atoms with Gasteiger partial charge in [-0.05, 0) is 34.9 Å². The van der Waals surface area contributed by atoms with Crippen molar-refractivity contribution in [3.63, 3.8) is 0 Å². The van der Waals surface area contributed by atoms with Crippen molar-refractivity contribution in [2.75, 3.05) is 7.11 Å². The van der Waals surface area contributed by atoms with Crippen LogP contribution in [0.25, 0.3) is 6.08 Å². The lowest BCUT2D eigenvalue weighted by Gasteiger charge is -2.14. The number of ether oxygens (including phenoxy) is 1. The molecule has 0 radical (unpaired) electrons. The van der Waals surface area contributed by atoms with Crippen molar-refractivity contribution in [3.05, 3.63) is 70.5 Å². The molecular weight excluding hydrogens is 339 g/mol. The molecule has 2 N–H and O–H groups in total. The van der Waals surface area contributed by atoms with Crippen molar-refractivity contribution in [2.24, 2.45) is 0 Å². The van der Waals surface area contributed by atoms with E-state index in [1.54, 1.807) is 36.4 Å². The van der Waals surface area contributed by atoms with Crippen LogP contribution in [0.15, 0.2) is 48.0 Å². The highest BCUT2D eigenvalue weighted by Gasteiger charge is 2.27. The summed E-state index contributed by atoms with van der Waals surface area (Å²) in [5.74, 6) is -1.35. The number of benzene rings is 2. The van der Waals surface area contributed by atoms with Crippen molar-refractivity contribution in [2.45, 2.75) is 6.42 Å². The zero-order chi connectivity index (χ0) is 18.7. The highest BCUT2D eigenvalue weighted by atomic mass is 19.1. The number of methoxy groups -OCH3 is 1. The minimum Gasteiger partial charge on any atom is -0.496 e. The van der Waals surface area contributed by atoms with Gasteiger partial charge in [0, 0.05) is 6.42 Å². The maximum absolute atomic E-state index is 13.9. The van der Waals surface area contributed by atoms with Gasteiger partial charge in [-0.25, -0.2) is 9.18 Å². The summed E-state index contributed by atoms with van der Waals surface area (Å²) >= 11 is 0. The molecule has 0 aliphatic carbocycles. The Morgan fingerprint density at radius 1 is 1.00 bits per heavy atom. The van der Waals surface area contributed by atoms with Gasteiger partial charge in [0.2, 0.25) is 0 Å². The van der Waals surface area contributed by atoms with Gasteiger partial charge in [-0.2, -0.15) is 0 Å². The summed E-state index contributed by atoms with van der Waals surface area (Å²) < 4.78 is 19.2. The van der Waals surface area contributed by atoms with Crippen molar-refractivity contribution in [3.8, 4) is 5.75 Å². The maximum atomic E-state index is 13.9. The van der Waals surface area contributed by atoms with Gasteiger partial charge in [0.25, 0.3) is 11.8 Å². The molecule has 1 fully saturated rings. The highest BCUT2D eigenvalue weighted by Crippen LogP contribution is 2.25. The second kappa shape index (κ2) is 7.18. The van der Waals surface area contributed by atoms with Crippen molar-refractivity contribution >= 4 is 23.9 Å². The van der Waals surface area contributed by atoms with E-state index in [-0.39, 0.29) is 11.4 Å². The number of urea groups is 1. The van der Waals surface area contributed by atoms with E-state index >= 15 is 0 Å². The summed E-state index contributed by atoms with van der Waals surface area (Å²) in [6.45, 7) is 0. The van der Waals surface area contributed by atoms with Crippen LogP contribution in [-0.4, -0.2) is 25.0 Å². The number of halogens is 1. The number of amides is 4. The summed E-state index contributed by atoms with van der Waals surface area (Å²) in [4.78, 5) is 34.7.